The highest BCUT2D eigenvalue weighted by Gasteiger charge is 2.16. The molecule has 5 heteroatoms. The van der Waals surface area contributed by atoms with Crippen molar-refractivity contribution in [1.29, 1.82) is 0 Å². The van der Waals surface area contributed by atoms with Crippen LogP contribution in [0.25, 0.3) is 0 Å². The molecular weight excluding hydrogens is 218 g/mol. The third kappa shape index (κ3) is 4.78. The van der Waals surface area contributed by atoms with E-state index in [0.29, 0.717) is 6.42 Å². The Morgan fingerprint density at radius 2 is 2.07 bits per heavy atom. The zero-order valence-corrected chi connectivity index (χ0v) is 9.16. The summed E-state index contributed by atoms with van der Waals surface area (Å²) in [6.07, 6.45) is 0.407. The maximum Gasteiger partial charge on any atom is 0.323 e. The molecule has 0 spiro atoms. The molecule has 0 aromatic heterocycles. The monoisotopic (exact) mass is 231 g/mol. The highest BCUT2D eigenvalue weighted by Crippen LogP contribution is 2.03. The number of carboxylic acids is 1. The van der Waals surface area contributed by atoms with Gasteiger partial charge < -0.3 is 9.94 Å². The molecule has 1 atom stereocenters. The predicted molar refractivity (Wildman–Crippen MR) is 59.0 cm³/mol. The van der Waals surface area contributed by atoms with Crippen LogP contribution in [0.1, 0.15) is 5.56 Å². The van der Waals surface area contributed by atoms with Crippen molar-refractivity contribution in [2.75, 3.05) is 7.11 Å². The van der Waals surface area contributed by atoms with E-state index >= 15 is 0 Å². The van der Waals surface area contributed by atoms with Crippen molar-refractivity contribution < 1.29 is 14.7 Å². The lowest BCUT2D eigenvalue weighted by atomic mass is 10.1. The van der Waals surface area contributed by atoms with Gasteiger partial charge in [-0.05, 0) is 5.56 Å². The van der Waals surface area contributed by atoms with Crippen molar-refractivity contribution in [3.8, 4) is 0 Å². The molecule has 0 heterocycles. The Hall–Kier alpha value is -1.10. The molecule has 0 saturated carbocycles. The largest absolute Gasteiger partial charge is 0.480 e. The molecule has 15 heavy (non-hydrogen) atoms. The van der Waals surface area contributed by atoms with E-state index in [1.165, 1.54) is 7.11 Å². The summed E-state index contributed by atoms with van der Waals surface area (Å²) in [5.74, 6) is -0.921. The van der Waals surface area contributed by atoms with Gasteiger partial charge in [0.2, 0.25) is 0 Å². The molecule has 0 amide bonds. The summed E-state index contributed by atoms with van der Waals surface area (Å²) in [4.78, 5) is 15.4. The highest BCUT2D eigenvalue weighted by molar-refractivity contribution is 5.85. The number of carboxylic acid groups (broad SMARTS) is 1. The van der Waals surface area contributed by atoms with E-state index in [2.05, 4.69) is 10.3 Å². The second-order valence-electron chi connectivity index (χ2n) is 2.90. The minimum atomic E-state index is -0.921. The van der Waals surface area contributed by atoms with Gasteiger partial charge in [-0.3, -0.25) is 4.79 Å². The van der Waals surface area contributed by atoms with Crippen LogP contribution in [-0.4, -0.2) is 24.2 Å². The summed E-state index contributed by atoms with van der Waals surface area (Å²) < 4.78 is 0. The summed E-state index contributed by atoms with van der Waals surface area (Å²) in [6, 6.07) is 8.70. The van der Waals surface area contributed by atoms with Gasteiger partial charge in [-0.1, -0.05) is 30.3 Å². The predicted octanol–water partition coefficient (Wildman–Crippen LogP) is 1.26. The molecule has 0 aliphatic carbocycles. The van der Waals surface area contributed by atoms with Crippen molar-refractivity contribution in [3.63, 3.8) is 0 Å². The van der Waals surface area contributed by atoms with E-state index in [1.54, 1.807) is 0 Å². The Balaban J connectivity index is 0.00000196. The Morgan fingerprint density at radius 1 is 1.47 bits per heavy atom. The number of hydrogen-bond donors (Lipinski definition) is 2. The first-order chi connectivity index (χ1) is 6.74. The molecule has 0 radical (unpaired) electrons. The number of nitrogens with one attached hydrogen (secondary N) is 1. The summed E-state index contributed by atoms with van der Waals surface area (Å²) in [6.45, 7) is 0. The van der Waals surface area contributed by atoms with Gasteiger partial charge in [0.25, 0.3) is 0 Å². The smallest absolute Gasteiger partial charge is 0.323 e. The standard InChI is InChI=1S/C10H13NO3.ClH/c1-14-11-9(10(12)13)7-8-5-3-2-4-6-8;/h2-6,9,11H,7H2,1H3,(H,12,13);1H/t9-;/m0./s1. The number of hydrogen-bond acceptors (Lipinski definition) is 3. The summed E-state index contributed by atoms with van der Waals surface area (Å²) >= 11 is 0. The number of halogens is 1. The first kappa shape index (κ1) is 13.9. The van der Waals surface area contributed by atoms with Crippen LogP contribution in [0.15, 0.2) is 30.3 Å². The van der Waals surface area contributed by atoms with Crippen molar-refractivity contribution in [1.82, 2.24) is 5.48 Å². The van der Waals surface area contributed by atoms with E-state index in [-0.39, 0.29) is 12.4 Å². The van der Waals surface area contributed by atoms with Crippen LogP contribution in [-0.2, 0) is 16.1 Å². The van der Waals surface area contributed by atoms with Crippen molar-refractivity contribution in [2.45, 2.75) is 12.5 Å². The van der Waals surface area contributed by atoms with Crippen molar-refractivity contribution in [3.05, 3.63) is 35.9 Å². The molecule has 4 nitrogen and oxygen atoms in total. The maximum absolute atomic E-state index is 10.8. The van der Waals surface area contributed by atoms with Crippen molar-refractivity contribution >= 4 is 18.4 Å². The van der Waals surface area contributed by atoms with Crippen LogP contribution >= 0.6 is 12.4 Å². The lowest BCUT2D eigenvalue weighted by Crippen LogP contribution is -2.37. The summed E-state index contributed by atoms with van der Waals surface area (Å²) in [5, 5.41) is 8.82. The van der Waals surface area contributed by atoms with Gasteiger partial charge in [-0.2, -0.15) is 5.48 Å². The lowest BCUT2D eigenvalue weighted by molar-refractivity contribution is -0.143. The van der Waals surface area contributed by atoms with E-state index < -0.39 is 12.0 Å². The van der Waals surface area contributed by atoms with E-state index in [9.17, 15) is 4.79 Å². The number of hydroxylamine groups is 1. The molecule has 1 rings (SSSR count). The van der Waals surface area contributed by atoms with Crippen LogP contribution in [0.4, 0.5) is 0 Å². The highest BCUT2D eigenvalue weighted by atomic mass is 35.5. The Bertz CT molecular complexity index is 292. The first-order valence-electron chi connectivity index (χ1n) is 4.29. The van der Waals surface area contributed by atoms with Gasteiger partial charge in [-0.15, -0.1) is 12.4 Å². The van der Waals surface area contributed by atoms with Gasteiger partial charge >= 0.3 is 5.97 Å². The molecule has 0 unspecified atom stereocenters. The average Bonchev–Trinajstić information content (AvgIpc) is 2.18. The van der Waals surface area contributed by atoms with E-state index in [0.717, 1.165) is 5.56 Å². The topological polar surface area (TPSA) is 58.6 Å². The number of carbonyl (C=O) groups is 1. The summed E-state index contributed by atoms with van der Waals surface area (Å²) in [5.41, 5.74) is 3.39. The molecule has 0 aliphatic rings. The first-order valence-corrected chi connectivity index (χ1v) is 4.29. The second kappa shape index (κ2) is 7.23. The van der Waals surface area contributed by atoms with Gasteiger partial charge in [0.15, 0.2) is 0 Å². The van der Waals surface area contributed by atoms with Gasteiger partial charge in [-0.25, -0.2) is 0 Å². The normalized spacial score (nSPS) is 11.5. The SMILES string of the molecule is CON[C@@H](Cc1ccccc1)C(=O)O.Cl. The maximum atomic E-state index is 10.8. The minimum absolute atomic E-state index is 0. The average molecular weight is 232 g/mol. The van der Waals surface area contributed by atoms with Gasteiger partial charge in [0, 0.05) is 6.42 Å². The van der Waals surface area contributed by atoms with Gasteiger partial charge in [0.1, 0.15) is 6.04 Å². The van der Waals surface area contributed by atoms with E-state index in [1.807, 2.05) is 30.3 Å². The zero-order valence-electron chi connectivity index (χ0n) is 8.34. The van der Waals surface area contributed by atoms with Gasteiger partial charge in [0.05, 0.1) is 7.11 Å². The fourth-order valence-corrected chi connectivity index (χ4v) is 1.17. The quantitative estimate of drug-likeness (QED) is 0.749. The van der Waals surface area contributed by atoms with E-state index in [4.69, 9.17) is 5.11 Å². The molecule has 0 fully saturated rings. The third-order valence-corrected chi connectivity index (χ3v) is 1.84. The molecule has 0 aliphatic heterocycles. The Labute approximate surface area is 94.6 Å². The molecule has 84 valence electrons. The number of benzene rings is 1. The third-order valence-electron chi connectivity index (χ3n) is 1.84. The molecule has 2 N–H and O–H groups in total. The van der Waals surface area contributed by atoms with Crippen LogP contribution < -0.4 is 5.48 Å². The van der Waals surface area contributed by atoms with Crippen LogP contribution in [0.3, 0.4) is 0 Å². The Morgan fingerprint density at radius 3 is 2.53 bits per heavy atom. The zero-order chi connectivity index (χ0) is 10.4. The fraction of sp³-hybridized carbons (Fsp3) is 0.300. The minimum Gasteiger partial charge on any atom is -0.480 e. The summed E-state index contributed by atoms with van der Waals surface area (Å²) in [7, 11) is 1.40. The molecule has 1 aromatic rings. The van der Waals surface area contributed by atoms with Crippen LogP contribution in [0.5, 0.6) is 0 Å². The molecule has 0 saturated heterocycles. The number of aliphatic carboxylic acids is 1. The number of rotatable bonds is 5. The molecule has 1 aromatic carbocycles. The van der Waals surface area contributed by atoms with Crippen LogP contribution in [0, 0.1) is 0 Å². The lowest BCUT2D eigenvalue weighted by Gasteiger charge is -2.12. The molecule has 0 bridgehead atoms. The molecular formula is C10H14ClNO3. The van der Waals surface area contributed by atoms with Crippen LogP contribution in [0.2, 0.25) is 0 Å². The Kier molecular flexibility index (Phi) is 6.70. The van der Waals surface area contributed by atoms with Crippen molar-refractivity contribution in [2.24, 2.45) is 0 Å². The fourth-order valence-electron chi connectivity index (χ4n) is 1.17. The second-order valence-corrected chi connectivity index (χ2v) is 2.90.